The van der Waals surface area contributed by atoms with Crippen LogP contribution in [-0.2, 0) is 10.8 Å². The lowest BCUT2D eigenvalue weighted by Gasteiger charge is -2.45. The van der Waals surface area contributed by atoms with Gasteiger partial charge in [0.1, 0.15) is 0 Å². The Labute approximate surface area is 404 Å². The first kappa shape index (κ1) is 36.6. The number of rotatable bonds is 7. The summed E-state index contributed by atoms with van der Waals surface area (Å²) < 4.78 is 44.9. The van der Waals surface area contributed by atoms with Gasteiger partial charge in [0, 0.05) is 50.9 Å². The first-order chi connectivity index (χ1) is 34.5. The fraction of sp³-hybridized carbons (Fsp3) is 0.143. The third kappa shape index (κ3) is 7.42. The summed E-state index contributed by atoms with van der Waals surface area (Å²) in [5.41, 5.74) is 18.2. The highest BCUT2D eigenvalue weighted by Gasteiger charge is 2.44. The van der Waals surface area contributed by atoms with Gasteiger partial charge in [0.15, 0.2) is 0 Å². The highest BCUT2D eigenvalue weighted by molar-refractivity contribution is 7.00. The molecule has 0 aromatic heterocycles. The van der Waals surface area contributed by atoms with Crippen molar-refractivity contribution in [3.8, 4) is 22.3 Å². The van der Waals surface area contributed by atoms with E-state index in [0.29, 0.717) is 5.56 Å². The summed E-state index contributed by atoms with van der Waals surface area (Å²) in [6.07, 6.45) is 0. The predicted octanol–water partition coefficient (Wildman–Crippen LogP) is 15.5. The predicted molar refractivity (Wildman–Crippen MR) is 288 cm³/mol. The van der Waals surface area contributed by atoms with Gasteiger partial charge in [0.05, 0.1) is 18.2 Å². The molecule has 0 saturated heterocycles. The Kier molecular flexibility index (Phi) is 8.97. The van der Waals surface area contributed by atoms with E-state index in [1.807, 2.05) is 6.07 Å². The summed E-state index contributed by atoms with van der Waals surface area (Å²) in [4.78, 5) is 7.09. The minimum absolute atomic E-state index is 0.112. The number of nitrogens with zero attached hydrogens (tertiary/aromatic N) is 3. The van der Waals surface area contributed by atoms with Crippen LogP contribution >= 0.6 is 0 Å². The number of benzene rings is 9. The van der Waals surface area contributed by atoms with Crippen LogP contribution in [0.3, 0.4) is 0 Å². The Balaban J connectivity index is 1.24. The zero-order chi connectivity index (χ0) is 50.4. The van der Waals surface area contributed by atoms with E-state index in [1.54, 1.807) is 0 Å². The van der Waals surface area contributed by atoms with Gasteiger partial charge in [-0.25, -0.2) is 0 Å². The molecule has 9 aromatic carbocycles. The largest absolute Gasteiger partial charge is 0.311 e. The molecule has 67 heavy (non-hydrogen) atoms. The molecule has 9 aromatic rings. The Bertz CT molecular complexity index is 3520. The molecule has 0 spiro atoms. The van der Waals surface area contributed by atoms with E-state index in [2.05, 4.69) is 239 Å². The summed E-state index contributed by atoms with van der Waals surface area (Å²) in [5, 5.41) is 0. The molecule has 0 atom stereocenters. The minimum atomic E-state index is -0.413. The van der Waals surface area contributed by atoms with Crippen LogP contribution in [0.1, 0.15) is 65.1 Å². The van der Waals surface area contributed by atoms with E-state index >= 15 is 0 Å². The zero-order valence-corrected chi connectivity index (χ0v) is 39.2. The van der Waals surface area contributed by atoms with E-state index in [-0.39, 0.29) is 47.3 Å². The zero-order valence-electron chi connectivity index (χ0n) is 44.2. The first-order valence-corrected chi connectivity index (χ1v) is 23.3. The minimum Gasteiger partial charge on any atom is -0.311 e. The second-order valence-corrected chi connectivity index (χ2v) is 20.0. The highest BCUT2D eigenvalue weighted by atomic mass is 15.2. The van der Waals surface area contributed by atoms with E-state index in [0.717, 1.165) is 89.8 Å². The molecule has 0 bridgehead atoms. The van der Waals surface area contributed by atoms with Crippen molar-refractivity contribution in [3.63, 3.8) is 0 Å². The molecule has 0 radical (unpaired) electrons. The van der Waals surface area contributed by atoms with Gasteiger partial charge in [-0.1, -0.05) is 175 Å². The van der Waals surface area contributed by atoms with E-state index < -0.39 is 6.04 Å². The van der Waals surface area contributed by atoms with Crippen molar-refractivity contribution in [1.29, 1.82) is 0 Å². The summed E-state index contributed by atoms with van der Waals surface area (Å²) in [7, 11) is 0. The fourth-order valence-corrected chi connectivity index (χ4v) is 10.2. The van der Waals surface area contributed by atoms with Gasteiger partial charge < -0.3 is 14.7 Å². The Morgan fingerprint density at radius 3 is 1.48 bits per heavy atom. The molecule has 2 heterocycles. The summed E-state index contributed by atoms with van der Waals surface area (Å²) >= 11 is 0. The van der Waals surface area contributed by atoms with Crippen LogP contribution in [-0.4, -0.2) is 6.71 Å². The maximum atomic E-state index is 9.34. The van der Waals surface area contributed by atoms with Crippen LogP contribution in [0.15, 0.2) is 212 Å². The van der Waals surface area contributed by atoms with Crippen molar-refractivity contribution in [1.82, 2.24) is 0 Å². The Morgan fingerprint density at radius 1 is 0.418 bits per heavy atom. The molecule has 3 nitrogen and oxygen atoms in total. The van der Waals surface area contributed by atoms with Crippen LogP contribution in [0.4, 0.5) is 51.2 Å². The number of aryl methyl sites for hydroxylation is 1. The lowest BCUT2D eigenvalue weighted by Crippen LogP contribution is -2.61. The molecule has 0 N–H and O–H groups in total. The molecule has 2 aliphatic rings. The average molecular weight is 871 g/mol. The molecule has 0 amide bonds. The molecule has 0 unspecified atom stereocenters. The normalized spacial score (nSPS) is 14.0. The van der Waals surface area contributed by atoms with Gasteiger partial charge in [-0.2, -0.15) is 0 Å². The van der Waals surface area contributed by atoms with E-state index in [9.17, 15) is 2.74 Å². The summed E-state index contributed by atoms with van der Waals surface area (Å²) in [6.45, 7) is 15.2. The number of para-hydroxylation sites is 3. The fourth-order valence-electron chi connectivity index (χ4n) is 10.2. The van der Waals surface area contributed by atoms with Crippen LogP contribution < -0.4 is 31.1 Å². The molecule has 0 fully saturated rings. The second-order valence-electron chi connectivity index (χ2n) is 20.0. The molecular weight excluding hydrogens is 810 g/mol. The molecule has 0 aliphatic carbocycles. The topological polar surface area (TPSA) is 9.72 Å². The van der Waals surface area contributed by atoms with Gasteiger partial charge in [-0.3, -0.25) is 0 Å². The molecule has 326 valence electrons. The molecule has 0 saturated carbocycles. The second kappa shape index (κ2) is 16.4. The third-order valence-corrected chi connectivity index (χ3v) is 13.5. The SMILES string of the molecule is [2H]c1c([2H])c([2H])c(-c2cc(C(C)(C)C)ccc2N2c3ccccc3B3c4ccc(N(c5ccccc5)c5ccccc5)cc4N(c4ccc(C(C)(C)C)cc4-c4ccccc4)c4cc(C)cc2c43)c([2H])c1[2H]. The monoisotopic (exact) mass is 870 g/mol. The smallest absolute Gasteiger partial charge is 0.252 e. The third-order valence-electron chi connectivity index (χ3n) is 13.5. The van der Waals surface area contributed by atoms with Gasteiger partial charge in [0.2, 0.25) is 0 Å². The van der Waals surface area contributed by atoms with Crippen molar-refractivity contribution < 1.29 is 6.85 Å². The molecule has 2 aliphatic heterocycles. The number of hydrogen-bond donors (Lipinski definition) is 0. The Morgan fingerprint density at radius 2 is 0.910 bits per heavy atom. The number of fused-ring (bicyclic) bond motifs is 4. The first-order valence-electron chi connectivity index (χ1n) is 25.8. The van der Waals surface area contributed by atoms with Gasteiger partial charge in [0.25, 0.3) is 6.71 Å². The number of anilines is 9. The molecule has 11 rings (SSSR count). The summed E-state index contributed by atoms with van der Waals surface area (Å²) in [5.74, 6) is 0. The van der Waals surface area contributed by atoms with Crippen molar-refractivity contribution in [2.45, 2.75) is 59.3 Å². The average Bonchev–Trinajstić information content (AvgIpc) is 3.37. The number of hydrogen-bond acceptors (Lipinski definition) is 3. The highest BCUT2D eigenvalue weighted by Crippen LogP contribution is 2.50. The van der Waals surface area contributed by atoms with Crippen molar-refractivity contribution >= 4 is 74.3 Å². The van der Waals surface area contributed by atoms with Crippen LogP contribution in [0.25, 0.3) is 22.3 Å². The lowest BCUT2D eigenvalue weighted by atomic mass is 9.33. The standard InChI is InChI=1S/C63H56BN3/c1-43-38-59-61-60(39-43)67(56-37-33-47(63(5,6)7)41-52(56)45-24-14-9-15-25-45)58-42-50(65(48-26-16-10-17-27-48)49-28-18-11-19-29-49)34-35-54(58)64(61)53-30-20-21-31-57(53)66(59)55-36-32-46(62(2,3)4)40-51(55)44-22-12-8-13-23-44/h8-42H,1-7H3/i8D,12D,13D,22D,23D. The van der Waals surface area contributed by atoms with E-state index in [1.165, 1.54) is 5.56 Å². The van der Waals surface area contributed by atoms with Crippen molar-refractivity contribution in [2.75, 3.05) is 14.7 Å². The van der Waals surface area contributed by atoms with E-state index in [4.69, 9.17) is 4.11 Å². The quantitative estimate of drug-likeness (QED) is 0.148. The molecular formula is C63H56BN3. The van der Waals surface area contributed by atoms with Crippen LogP contribution in [0.5, 0.6) is 0 Å². The maximum absolute atomic E-state index is 9.34. The van der Waals surface area contributed by atoms with Crippen LogP contribution in [0, 0.1) is 6.92 Å². The van der Waals surface area contributed by atoms with Crippen molar-refractivity contribution in [2.24, 2.45) is 0 Å². The molecule has 4 heteroatoms. The Hall–Kier alpha value is -7.56. The summed E-state index contributed by atoms with van der Waals surface area (Å²) in [6, 6.07) is 63.5. The van der Waals surface area contributed by atoms with Gasteiger partial charge in [-0.05, 0) is 141 Å². The van der Waals surface area contributed by atoms with Gasteiger partial charge >= 0.3 is 0 Å². The van der Waals surface area contributed by atoms with Crippen LogP contribution in [0.2, 0.25) is 0 Å². The van der Waals surface area contributed by atoms with Crippen molar-refractivity contribution in [3.05, 3.63) is 229 Å². The lowest BCUT2D eigenvalue weighted by molar-refractivity contribution is 0.590. The van der Waals surface area contributed by atoms with Gasteiger partial charge in [-0.15, -0.1) is 0 Å². The maximum Gasteiger partial charge on any atom is 0.252 e.